The van der Waals surface area contributed by atoms with Crippen molar-refractivity contribution >= 4 is 17.9 Å². The molecule has 0 spiro atoms. The highest BCUT2D eigenvalue weighted by atomic mass is 32.2. The van der Waals surface area contributed by atoms with Gasteiger partial charge in [-0.25, -0.2) is 4.79 Å². The molecule has 0 aromatic heterocycles. The first-order valence-corrected chi connectivity index (χ1v) is 12.2. The molecule has 6 atom stereocenters. The van der Waals surface area contributed by atoms with E-state index in [1.165, 1.54) is 5.57 Å². The Kier molecular flexibility index (Phi) is 7.77. The average Bonchev–Trinajstić information content (AvgIpc) is 3.38. The summed E-state index contributed by atoms with van der Waals surface area (Å²) in [6.07, 6.45) is 4.94. The van der Waals surface area contributed by atoms with Crippen LogP contribution in [0.1, 0.15) is 40.0 Å². The highest BCUT2D eigenvalue weighted by molar-refractivity contribution is 7.98. The summed E-state index contributed by atoms with van der Waals surface area (Å²) in [7, 11) is 1.63. The molecule has 172 valence electrons. The van der Waals surface area contributed by atoms with E-state index in [4.69, 9.17) is 18.9 Å². The number of epoxide rings is 1. The Morgan fingerprint density at radius 1 is 1.33 bits per heavy atom. The molecule has 7 nitrogen and oxygen atoms in total. The number of hydrogen-bond acceptors (Lipinski definition) is 7. The van der Waals surface area contributed by atoms with Crippen molar-refractivity contribution in [3.05, 3.63) is 11.6 Å². The molecule has 3 fully saturated rings. The fraction of sp³-hybridized carbons (Fsp3) is 0.864. The van der Waals surface area contributed by atoms with Gasteiger partial charge in [-0.3, -0.25) is 0 Å². The number of hydrogen-bond donors (Lipinski definition) is 1. The molecule has 2 saturated heterocycles. The van der Waals surface area contributed by atoms with E-state index in [9.17, 15) is 9.90 Å². The van der Waals surface area contributed by atoms with Crippen LogP contribution >= 0.6 is 11.8 Å². The first-order valence-electron chi connectivity index (χ1n) is 10.8. The number of allylic oxidation sites excluding steroid dienone is 1. The number of rotatable bonds is 7. The molecular formula is C22H37NO6S. The molecule has 0 aromatic carbocycles. The van der Waals surface area contributed by atoms with Crippen LogP contribution in [0.25, 0.3) is 0 Å². The molecule has 2 aliphatic heterocycles. The normalized spacial score (nSPS) is 38.8. The number of carbonyl (C=O) groups is 1. The van der Waals surface area contributed by atoms with Crippen molar-refractivity contribution in [3.8, 4) is 0 Å². The van der Waals surface area contributed by atoms with Gasteiger partial charge in [0, 0.05) is 31.9 Å². The molecule has 0 bridgehead atoms. The third kappa shape index (κ3) is 4.99. The van der Waals surface area contributed by atoms with Crippen molar-refractivity contribution < 1.29 is 28.8 Å². The van der Waals surface area contributed by atoms with Crippen LogP contribution in [0.5, 0.6) is 0 Å². The molecule has 1 aliphatic carbocycles. The minimum absolute atomic E-state index is 0.0251. The predicted molar refractivity (Wildman–Crippen MR) is 117 cm³/mol. The molecule has 3 rings (SSSR count). The summed E-state index contributed by atoms with van der Waals surface area (Å²) >= 11 is 1.62. The average molecular weight is 444 g/mol. The van der Waals surface area contributed by atoms with E-state index in [1.807, 2.05) is 6.26 Å². The molecule has 6 unspecified atom stereocenters. The van der Waals surface area contributed by atoms with Crippen LogP contribution in [-0.4, -0.2) is 91.0 Å². The third-order valence-corrected chi connectivity index (χ3v) is 7.45. The SMILES string of the molecule is COC1C(OC(=O)N2CCOCC2)CCC(O)(CSC)C1C1(C)OC1CC=C(C)C. The van der Waals surface area contributed by atoms with Gasteiger partial charge in [0.2, 0.25) is 0 Å². The topological polar surface area (TPSA) is 80.8 Å². The molecule has 3 aliphatic rings. The number of ether oxygens (including phenoxy) is 4. The fourth-order valence-electron chi connectivity index (χ4n) is 5.04. The van der Waals surface area contributed by atoms with E-state index >= 15 is 0 Å². The molecule has 0 aromatic rings. The van der Waals surface area contributed by atoms with E-state index in [0.29, 0.717) is 44.9 Å². The molecule has 8 heteroatoms. The fourth-order valence-corrected chi connectivity index (χ4v) is 5.86. The summed E-state index contributed by atoms with van der Waals surface area (Å²) in [6.45, 7) is 8.34. The van der Waals surface area contributed by atoms with Crippen molar-refractivity contribution in [1.82, 2.24) is 4.90 Å². The van der Waals surface area contributed by atoms with E-state index in [-0.39, 0.29) is 18.1 Å². The maximum Gasteiger partial charge on any atom is 0.410 e. The standard InChI is InChI=1S/C22H37NO6S/c1-15(2)6-7-17-21(3,29-17)19-18(26-4)16(8-9-22(19,25)14-30-5)28-20(24)23-10-12-27-13-11-23/h6,16-19,25H,7-14H2,1-5H3. The number of nitrogens with zero attached hydrogens (tertiary/aromatic N) is 1. The van der Waals surface area contributed by atoms with E-state index in [0.717, 1.165) is 6.42 Å². The number of aliphatic hydroxyl groups is 1. The number of carbonyl (C=O) groups excluding carboxylic acids is 1. The summed E-state index contributed by atoms with van der Waals surface area (Å²) in [6, 6.07) is 0. The summed E-state index contributed by atoms with van der Waals surface area (Å²) in [5.41, 5.74) is -0.200. The van der Waals surface area contributed by atoms with Gasteiger partial charge in [0.1, 0.15) is 17.8 Å². The van der Waals surface area contributed by atoms with Gasteiger partial charge < -0.3 is 29.0 Å². The van der Waals surface area contributed by atoms with Crippen LogP contribution in [0.2, 0.25) is 0 Å². The second-order valence-electron chi connectivity index (χ2n) is 9.08. The zero-order valence-electron chi connectivity index (χ0n) is 18.9. The van der Waals surface area contributed by atoms with Crippen LogP contribution in [0.4, 0.5) is 4.79 Å². The van der Waals surface area contributed by atoms with Crippen molar-refractivity contribution in [2.75, 3.05) is 45.4 Å². The Balaban J connectivity index is 1.78. The molecule has 1 saturated carbocycles. The number of morpholine rings is 1. The lowest BCUT2D eigenvalue weighted by atomic mass is 9.66. The molecule has 1 amide bonds. The van der Waals surface area contributed by atoms with Crippen molar-refractivity contribution in [2.45, 2.75) is 69.5 Å². The monoisotopic (exact) mass is 443 g/mol. The third-order valence-electron chi connectivity index (χ3n) is 6.66. The molecule has 2 heterocycles. The zero-order chi connectivity index (χ0) is 21.9. The van der Waals surface area contributed by atoms with E-state index in [1.54, 1.807) is 23.8 Å². The Morgan fingerprint density at radius 2 is 2.03 bits per heavy atom. The van der Waals surface area contributed by atoms with Gasteiger partial charge in [0.25, 0.3) is 0 Å². The van der Waals surface area contributed by atoms with Crippen LogP contribution in [-0.2, 0) is 18.9 Å². The van der Waals surface area contributed by atoms with E-state index in [2.05, 4.69) is 26.8 Å². The minimum atomic E-state index is -0.934. The first-order chi connectivity index (χ1) is 14.2. The van der Waals surface area contributed by atoms with Crippen molar-refractivity contribution in [1.29, 1.82) is 0 Å². The lowest BCUT2D eigenvalue weighted by Crippen LogP contribution is -2.62. The highest BCUT2D eigenvalue weighted by Crippen LogP contribution is 2.55. The number of amides is 1. The van der Waals surface area contributed by atoms with Gasteiger partial charge in [-0.2, -0.15) is 11.8 Å². The summed E-state index contributed by atoms with van der Waals surface area (Å²) < 4.78 is 23.3. The first kappa shape index (κ1) is 23.9. The lowest BCUT2D eigenvalue weighted by molar-refractivity contribution is -0.172. The Bertz CT molecular complexity index is 635. The zero-order valence-corrected chi connectivity index (χ0v) is 19.7. The van der Waals surface area contributed by atoms with Gasteiger partial charge >= 0.3 is 6.09 Å². The Labute approximate surface area is 184 Å². The maximum absolute atomic E-state index is 12.7. The minimum Gasteiger partial charge on any atom is -0.443 e. The quantitative estimate of drug-likeness (QED) is 0.479. The molecule has 30 heavy (non-hydrogen) atoms. The molecule has 0 radical (unpaired) electrons. The number of methoxy groups -OCH3 is 1. The number of thioether (sulfide) groups is 1. The van der Waals surface area contributed by atoms with Crippen LogP contribution < -0.4 is 0 Å². The highest BCUT2D eigenvalue weighted by Gasteiger charge is 2.67. The van der Waals surface area contributed by atoms with Gasteiger partial charge in [-0.15, -0.1) is 0 Å². The summed E-state index contributed by atoms with van der Waals surface area (Å²) in [5.74, 6) is 0.310. The summed E-state index contributed by atoms with van der Waals surface area (Å²) in [4.78, 5) is 14.4. The predicted octanol–water partition coefficient (Wildman–Crippen LogP) is 2.86. The van der Waals surface area contributed by atoms with Gasteiger partial charge in [-0.1, -0.05) is 11.6 Å². The largest absolute Gasteiger partial charge is 0.443 e. The lowest BCUT2D eigenvalue weighted by Gasteiger charge is -2.49. The Hall–Kier alpha value is -0.800. The van der Waals surface area contributed by atoms with E-state index < -0.39 is 23.4 Å². The van der Waals surface area contributed by atoms with Gasteiger partial charge in [0.05, 0.1) is 24.9 Å². The smallest absolute Gasteiger partial charge is 0.410 e. The van der Waals surface area contributed by atoms with Crippen LogP contribution in [0.15, 0.2) is 11.6 Å². The second kappa shape index (κ2) is 9.77. The van der Waals surface area contributed by atoms with Gasteiger partial charge in [0.15, 0.2) is 0 Å². The summed E-state index contributed by atoms with van der Waals surface area (Å²) in [5, 5.41) is 11.6. The van der Waals surface area contributed by atoms with Crippen LogP contribution in [0.3, 0.4) is 0 Å². The second-order valence-corrected chi connectivity index (χ2v) is 9.95. The maximum atomic E-state index is 12.7. The molecule has 1 N–H and O–H groups in total. The van der Waals surface area contributed by atoms with Crippen molar-refractivity contribution in [2.24, 2.45) is 5.92 Å². The van der Waals surface area contributed by atoms with Gasteiger partial charge in [-0.05, 0) is 46.3 Å². The van der Waals surface area contributed by atoms with Crippen LogP contribution in [0, 0.1) is 5.92 Å². The van der Waals surface area contributed by atoms with Crippen molar-refractivity contribution in [3.63, 3.8) is 0 Å². The molecular weight excluding hydrogens is 406 g/mol. The Morgan fingerprint density at radius 3 is 2.63 bits per heavy atom.